The van der Waals surface area contributed by atoms with Crippen LogP contribution in [-0.2, 0) is 17.8 Å². The number of ether oxygens (including phenoxy) is 1. The summed E-state index contributed by atoms with van der Waals surface area (Å²) in [6.07, 6.45) is 4.84. The molecule has 176 valence electrons. The molecule has 0 atom stereocenters. The number of rotatable bonds is 8. The van der Waals surface area contributed by atoms with Crippen LogP contribution < -0.4 is 10.6 Å². The van der Waals surface area contributed by atoms with Crippen molar-refractivity contribution in [1.29, 1.82) is 0 Å². The smallest absolute Gasteiger partial charge is 0.154 e. The van der Waals surface area contributed by atoms with Gasteiger partial charge in [0.2, 0.25) is 0 Å². The number of hydrogen-bond acceptors (Lipinski definition) is 7. The van der Waals surface area contributed by atoms with Gasteiger partial charge in [-0.2, -0.15) is 5.10 Å². The van der Waals surface area contributed by atoms with Crippen LogP contribution >= 0.6 is 0 Å². The Morgan fingerprint density at radius 1 is 0.971 bits per heavy atom. The molecule has 3 N–H and O–H groups in total. The van der Waals surface area contributed by atoms with Crippen LogP contribution in [0.15, 0.2) is 54.7 Å². The number of aliphatic hydroxyl groups is 1. The molecule has 4 aromatic rings. The van der Waals surface area contributed by atoms with Crippen molar-refractivity contribution in [3.8, 4) is 17.1 Å². The number of aliphatic hydroxyl groups excluding tert-OH is 1. The molecule has 5 rings (SSSR count). The maximum atomic E-state index is 9.56. The molecule has 0 bridgehead atoms. The van der Waals surface area contributed by atoms with Gasteiger partial charge in [-0.1, -0.05) is 12.1 Å². The van der Waals surface area contributed by atoms with E-state index in [0.717, 1.165) is 65.9 Å². The molecule has 0 spiro atoms. The van der Waals surface area contributed by atoms with E-state index in [1.165, 1.54) is 0 Å². The van der Waals surface area contributed by atoms with Gasteiger partial charge in [0.15, 0.2) is 5.82 Å². The minimum Gasteiger partial charge on any atom is -0.390 e. The number of aromatic nitrogens is 4. The van der Waals surface area contributed by atoms with Crippen LogP contribution in [0.25, 0.3) is 28.0 Å². The third-order valence-electron chi connectivity index (χ3n) is 6.18. The van der Waals surface area contributed by atoms with Gasteiger partial charge >= 0.3 is 0 Å². The lowest BCUT2D eigenvalue weighted by Gasteiger charge is -2.29. The van der Waals surface area contributed by atoms with Gasteiger partial charge in [-0.3, -0.25) is 4.98 Å². The second kappa shape index (κ2) is 10.3. The molecule has 0 amide bonds. The summed E-state index contributed by atoms with van der Waals surface area (Å²) in [5.41, 5.74) is 11.4. The van der Waals surface area contributed by atoms with Crippen molar-refractivity contribution < 1.29 is 9.84 Å². The molecule has 1 aliphatic rings. The Morgan fingerprint density at radius 2 is 1.79 bits per heavy atom. The van der Waals surface area contributed by atoms with Crippen LogP contribution in [0.4, 0.5) is 5.69 Å². The van der Waals surface area contributed by atoms with Gasteiger partial charge in [-0.05, 0) is 62.2 Å². The number of nitrogens with two attached hydrogens (primary N) is 1. The van der Waals surface area contributed by atoms with Gasteiger partial charge in [0, 0.05) is 35.4 Å². The number of hydrogen-bond donors (Lipinski definition) is 2. The Labute approximate surface area is 199 Å². The molecule has 1 saturated heterocycles. The number of aryl methyl sites for hydroxylation is 1. The van der Waals surface area contributed by atoms with Crippen LogP contribution in [0, 0.1) is 0 Å². The lowest BCUT2D eigenvalue weighted by atomic mass is 10.0. The first-order chi connectivity index (χ1) is 16.8. The fraction of sp³-hybridized carbons (Fsp3) is 0.346. The number of morpholine rings is 1. The molecule has 4 heterocycles. The van der Waals surface area contributed by atoms with E-state index in [9.17, 15) is 5.11 Å². The van der Waals surface area contributed by atoms with E-state index in [-0.39, 0.29) is 6.61 Å². The molecular weight excluding hydrogens is 428 g/mol. The zero-order valence-electron chi connectivity index (χ0n) is 19.2. The first kappa shape index (κ1) is 22.5. The van der Waals surface area contributed by atoms with E-state index in [1.54, 1.807) is 6.07 Å². The molecule has 0 radical (unpaired) electrons. The molecule has 34 heavy (non-hydrogen) atoms. The minimum atomic E-state index is -0.113. The van der Waals surface area contributed by atoms with E-state index in [0.29, 0.717) is 31.3 Å². The predicted molar refractivity (Wildman–Crippen MR) is 133 cm³/mol. The third-order valence-corrected chi connectivity index (χ3v) is 6.18. The molecular formula is C26H30N6O2. The zero-order chi connectivity index (χ0) is 23.3. The predicted octanol–water partition coefficient (Wildman–Crippen LogP) is 3.09. The molecule has 1 aliphatic heterocycles. The number of fused-ring (bicyclic) bond motifs is 1. The maximum absolute atomic E-state index is 9.56. The molecule has 0 saturated carbocycles. The van der Waals surface area contributed by atoms with Crippen LogP contribution in [0.3, 0.4) is 0 Å². The fourth-order valence-corrected chi connectivity index (χ4v) is 4.41. The fourth-order valence-electron chi connectivity index (χ4n) is 4.41. The van der Waals surface area contributed by atoms with Gasteiger partial charge in [0.25, 0.3) is 0 Å². The molecule has 0 unspecified atom stereocenters. The van der Waals surface area contributed by atoms with Crippen LogP contribution in [-0.4, -0.2) is 57.7 Å². The van der Waals surface area contributed by atoms with Crippen molar-refractivity contribution in [3.05, 3.63) is 66.1 Å². The minimum absolute atomic E-state index is 0.113. The van der Waals surface area contributed by atoms with Gasteiger partial charge in [-0.15, -0.1) is 0 Å². The standard InChI is InChI=1S/C26H30N6O2/c27-10-2-1-5-20-6-3-8-23(29-20)19-15-24(31-11-13-34-14-12-31)22-17-28-32(25(22)16-19)26-9-4-7-21(18-33)30-26/h3-4,6-9,15-17,33H,1-2,5,10-14,18,27H2. The lowest BCUT2D eigenvalue weighted by Crippen LogP contribution is -2.36. The highest BCUT2D eigenvalue weighted by atomic mass is 16.5. The topological polar surface area (TPSA) is 102 Å². The largest absolute Gasteiger partial charge is 0.390 e. The van der Waals surface area contributed by atoms with Gasteiger partial charge in [0.1, 0.15) is 0 Å². The van der Waals surface area contributed by atoms with Crippen LogP contribution in [0.1, 0.15) is 24.2 Å². The van der Waals surface area contributed by atoms with E-state index in [1.807, 2.05) is 23.0 Å². The van der Waals surface area contributed by atoms with Gasteiger partial charge < -0.3 is 20.5 Å². The van der Waals surface area contributed by atoms with Crippen LogP contribution in [0.5, 0.6) is 0 Å². The van der Waals surface area contributed by atoms with E-state index in [2.05, 4.69) is 45.3 Å². The summed E-state index contributed by atoms with van der Waals surface area (Å²) >= 11 is 0. The second-order valence-electron chi connectivity index (χ2n) is 8.49. The van der Waals surface area contributed by atoms with Crippen molar-refractivity contribution in [3.63, 3.8) is 0 Å². The van der Waals surface area contributed by atoms with E-state index >= 15 is 0 Å². The monoisotopic (exact) mass is 458 g/mol. The SMILES string of the molecule is NCCCCc1cccc(-c2cc(N3CCOCC3)c3cnn(-c4cccc(CO)n4)c3c2)n1. The Morgan fingerprint density at radius 3 is 2.62 bits per heavy atom. The number of anilines is 1. The first-order valence-electron chi connectivity index (χ1n) is 11.8. The average Bonchev–Trinajstić information content (AvgIpc) is 3.33. The van der Waals surface area contributed by atoms with Crippen molar-refractivity contribution in [2.24, 2.45) is 5.73 Å². The number of benzene rings is 1. The summed E-state index contributed by atoms with van der Waals surface area (Å²) in [4.78, 5) is 11.9. The highest BCUT2D eigenvalue weighted by molar-refractivity contribution is 5.96. The Balaban J connectivity index is 1.62. The highest BCUT2D eigenvalue weighted by Crippen LogP contribution is 2.34. The quantitative estimate of drug-likeness (QED) is 0.391. The summed E-state index contributed by atoms with van der Waals surface area (Å²) in [5.74, 6) is 0.676. The molecule has 3 aromatic heterocycles. The first-order valence-corrected chi connectivity index (χ1v) is 11.8. The maximum Gasteiger partial charge on any atom is 0.154 e. The highest BCUT2D eigenvalue weighted by Gasteiger charge is 2.19. The molecule has 8 heteroatoms. The lowest BCUT2D eigenvalue weighted by molar-refractivity contribution is 0.123. The Hall–Kier alpha value is -3.33. The molecule has 1 fully saturated rings. The van der Waals surface area contributed by atoms with Crippen LogP contribution in [0.2, 0.25) is 0 Å². The summed E-state index contributed by atoms with van der Waals surface area (Å²) < 4.78 is 7.43. The summed E-state index contributed by atoms with van der Waals surface area (Å²) in [5, 5.41) is 15.3. The van der Waals surface area contributed by atoms with Gasteiger partial charge in [-0.25, -0.2) is 9.67 Å². The zero-order valence-corrected chi connectivity index (χ0v) is 19.2. The summed E-state index contributed by atoms with van der Waals surface area (Å²) in [6.45, 7) is 3.65. The van der Waals surface area contributed by atoms with Crippen molar-refractivity contribution in [2.45, 2.75) is 25.9 Å². The molecule has 1 aromatic carbocycles. The summed E-state index contributed by atoms with van der Waals surface area (Å²) in [6, 6.07) is 16.2. The Bertz CT molecular complexity index is 1270. The summed E-state index contributed by atoms with van der Waals surface area (Å²) in [7, 11) is 0. The van der Waals surface area contributed by atoms with Crippen molar-refractivity contribution >= 4 is 16.6 Å². The van der Waals surface area contributed by atoms with E-state index in [4.69, 9.17) is 15.5 Å². The average molecular weight is 459 g/mol. The van der Waals surface area contributed by atoms with Crippen molar-refractivity contribution in [2.75, 3.05) is 37.7 Å². The van der Waals surface area contributed by atoms with E-state index < -0.39 is 0 Å². The third kappa shape index (κ3) is 4.65. The number of nitrogens with zero attached hydrogens (tertiary/aromatic N) is 5. The second-order valence-corrected chi connectivity index (χ2v) is 8.49. The molecule has 0 aliphatic carbocycles. The number of unbranched alkanes of at least 4 members (excludes halogenated alkanes) is 1. The Kier molecular flexibility index (Phi) is 6.80. The molecule has 8 nitrogen and oxygen atoms in total. The number of pyridine rings is 2. The van der Waals surface area contributed by atoms with Gasteiger partial charge in [0.05, 0.1) is 42.9 Å². The normalized spacial score (nSPS) is 14.1. The van der Waals surface area contributed by atoms with Crippen molar-refractivity contribution in [1.82, 2.24) is 19.7 Å².